The Morgan fingerprint density at radius 2 is 1.17 bits per heavy atom. The van der Waals surface area contributed by atoms with E-state index in [4.69, 9.17) is 15.7 Å². The van der Waals surface area contributed by atoms with E-state index in [0.29, 0.717) is 5.92 Å². The van der Waals surface area contributed by atoms with Crippen molar-refractivity contribution in [3.8, 4) is 0 Å². The van der Waals surface area contributed by atoms with E-state index in [1.54, 1.807) is 0 Å². The number of hydrogen-bond acceptors (Lipinski definition) is 0. The molecule has 0 aromatic heterocycles. The SMILES string of the molecule is [B]C([B])C(C)(C)C(C)(C)C(C)C. The highest BCUT2D eigenvalue weighted by molar-refractivity contribution is 6.36. The Morgan fingerprint density at radius 1 is 0.833 bits per heavy atom. The van der Waals surface area contributed by atoms with Crippen molar-refractivity contribution in [1.29, 1.82) is 0 Å². The van der Waals surface area contributed by atoms with E-state index in [1.807, 2.05) is 0 Å². The van der Waals surface area contributed by atoms with Gasteiger partial charge in [-0.25, -0.2) is 0 Å². The minimum absolute atomic E-state index is 0.0266. The van der Waals surface area contributed by atoms with Crippen LogP contribution in [0.4, 0.5) is 0 Å². The van der Waals surface area contributed by atoms with E-state index < -0.39 is 0 Å². The normalized spacial score (nSPS) is 14.3. The molecule has 0 saturated heterocycles. The maximum atomic E-state index is 5.77. The standard InChI is InChI=1S/C10H20B2/c1-7(2)9(3,4)10(5,6)8(11)12/h7-8H,1-6H3. The molecule has 0 saturated carbocycles. The van der Waals surface area contributed by atoms with Gasteiger partial charge in [0.1, 0.15) is 0 Å². The minimum Gasteiger partial charge on any atom is -0.104 e. The summed E-state index contributed by atoms with van der Waals surface area (Å²) in [4.78, 5) is 0. The van der Waals surface area contributed by atoms with Gasteiger partial charge in [0.25, 0.3) is 0 Å². The topological polar surface area (TPSA) is 0 Å². The summed E-state index contributed by atoms with van der Waals surface area (Å²) in [5.41, 5.74) is -0.114. The molecule has 0 rings (SSSR count). The predicted molar refractivity (Wildman–Crippen MR) is 57.7 cm³/mol. The van der Waals surface area contributed by atoms with Gasteiger partial charge in [-0.15, -0.1) is 5.72 Å². The Labute approximate surface area is 80.3 Å². The molecule has 0 aliphatic carbocycles. The van der Waals surface area contributed by atoms with E-state index in [-0.39, 0.29) is 16.5 Å². The summed E-state index contributed by atoms with van der Waals surface area (Å²) < 4.78 is 0. The minimum atomic E-state index is -0.255. The lowest BCUT2D eigenvalue weighted by Crippen LogP contribution is -2.40. The molecule has 0 spiro atoms. The van der Waals surface area contributed by atoms with Crippen LogP contribution in [0.2, 0.25) is 5.72 Å². The maximum absolute atomic E-state index is 5.77. The van der Waals surface area contributed by atoms with Crippen LogP contribution in [0.3, 0.4) is 0 Å². The zero-order valence-corrected chi connectivity index (χ0v) is 9.31. The van der Waals surface area contributed by atoms with Gasteiger partial charge in [0, 0.05) is 0 Å². The molecule has 0 bridgehead atoms. The zero-order valence-electron chi connectivity index (χ0n) is 9.31. The van der Waals surface area contributed by atoms with Crippen molar-refractivity contribution in [1.82, 2.24) is 0 Å². The van der Waals surface area contributed by atoms with Crippen LogP contribution < -0.4 is 0 Å². The Kier molecular flexibility index (Phi) is 3.51. The molecule has 0 N–H and O–H groups in total. The number of hydrogen-bond donors (Lipinski definition) is 0. The molecule has 0 nitrogen and oxygen atoms in total. The van der Waals surface area contributed by atoms with Crippen LogP contribution in [0.15, 0.2) is 0 Å². The lowest BCUT2D eigenvalue weighted by Gasteiger charge is -2.48. The van der Waals surface area contributed by atoms with Gasteiger partial charge in [-0.05, 0) is 16.7 Å². The molecule has 66 valence electrons. The van der Waals surface area contributed by atoms with E-state index in [9.17, 15) is 0 Å². The largest absolute Gasteiger partial charge is 0.104 e. The van der Waals surface area contributed by atoms with Gasteiger partial charge >= 0.3 is 0 Å². The Morgan fingerprint density at radius 3 is 1.25 bits per heavy atom. The van der Waals surface area contributed by atoms with Crippen LogP contribution >= 0.6 is 0 Å². The molecule has 0 aliphatic heterocycles. The molecule has 0 unspecified atom stereocenters. The molecular weight excluding hydrogens is 142 g/mol. The fourth-order valence-electron chi connectivity index (χ4n) is 1.17. The molecule has 0 fully saturated rings. The third-order valence-corrected chi connectivity index (χ3v) is 3.94. The summed E-state index contributed by atoms with van der Waals surface area (Å²) in [5.74, 6) is 0.585. The Bertz CT molecular complexity index is 128. The van der Waals surface area contributed by atoms with Crippen LogP contribution in [0.1, 0.15) is 41.5 Å². The molecule has 0 aromatic carbocycles. The average Bonchev–Trinajstić information content (AvgIpc) is 1.86. The lowest BCUT2D eigenvalue weighted by atomic mass is 9.46. The molecule has 0 amide bonds. The van der Waals surface area contributed by atoms with Gasteiger partial charge in [-0.3, -0.25) is 0 Å². The molecule has 0 aliphatic rings. The smallest absolute Gasteiger partial charge is 0.0582 e. The van der Waals surface area contributed by atoms with Crippen molar-refractivity contribution in [2.75, 3.05) is 0 Å². The van der Waals surface area contributed by atoms with Crippen molar-refractivity contribution in [3.05, 3.63) is 0 Å². The monoisotopic (exact) mass is 162 g/mol. The van der Waals surface area contributed by atoms with Gasteiger partial charge in [0.05, 0.1) is 15.7 Å². The van der Waals surface area contributed by atoms with Crippen LogP contribution in [0, 0.1) is 16.7 Å². The van der Waals surface area contributed by atoms with E-state index in [1.165, 1.54) is 0 Å². The van der Waals surface area contributed by atoms with Crippen LogP contribution in [-0.4, -0.2) is 15.7 Å². The fourth-order valence-corrected chi connectivity index (χ4v) is 1.17. The maximum Gasteiger partial charge on any atom is 0.0582 e. The third-order valence-electron chi connectivity index (χ3n) is 3.94. The third kappa shape index (κ3) is 1.89. The average molecular weight is 162 g/mol. The second kappa shape index (κ2) is 3.47. The Hall–Kier alpha value is 0.130. The first-order valence-corrected chi connectivity index (χ1v) is 4.65. The van der Waals surface area contributed by atoms with Crippen molar-refractivity contribution in [2.45, 2.75) is 47.3 Å². The van der Waals surface area contributed by atoms with Gasteiger partial charge < -0.3 is 0 Å². The molecule has 2 heteroatoms. The first-order chi connectivity index (χ1) is 5.14. The molecule has 4 radical (unpaired) electrons. The second-order valence-electron chi connectivity index (χ2n) is 5.12. The quantitative estimate of drug-likeness (QED) is 0.559. The second-order valence-corrected chi connectivity index (χ2v) is 5.12. The van der Waals surface area contributed by atoms with Crippen LogP contribution in [0.5, 0.6) is 0 Å². The highest BCUT2D eigenvalue weighted by Crippen LogP contribution is 2.49. The highest BCUT2D eigenvalue weighted by atomic mass is 14.4. The van der Waals surface area contributed by atoms with E-state index >= 15 is 0 Å². The fraction of sp³-hybridized carbons (Fsp3) is 1.00. The van der Waals surface area contributed by atoms with Gasteiger partial charge in [-0.2, -0.15) is 0 Å². The number of rotatable bonds is 3. The summed E-state index contributed by atoms with van der Waals surface area (Å²) in [6.07, 6.45) is 0. The zero-order chi connectivity index (χ0) is 10.2. The van der Waals surface area contributed by atoms with Crippen LogP contribution in [0.25, 0.3) is 0 Å². The van der Waals surface area contributed by atoms with Crippen LogP contribution in [-0.2, 0) is 0 Å². The molecule has 0 aromatic rings. The first-order valence-electron chi connectivity index (χ1n) is 4.65. The van der Waals surface area contributed by atoms with Crippen molar-refractivity contribution < 1.29 is 0 Å². The lowest BCUT2D eigenvalue weighted by molar-refractivity contribution is 0.0662. The highest BCUT2D eigenvalue weighted by Gasteiger charge is 2.40. The summed E-state index contributed by atoms with van der Waals surface area (Å²) in [7, 11) is 11.5. The van der Waals surface area contributed by atoms with Crippen molar-refractivity contribution >= 4 is 15.7 Å². The predicted octanol–water partition coefficient (Wildman–Crippen LogP) is 2.78. The van der Waals surface area contributed by atoms with E-state index in [2.05, 4.69) is 41.5 Å². The summed E-state index contributed by atoms with van der Waals surface area (Å²) in [5, 5.41) is 0. The van der Waals surface area contributed by atoms with Gasteiger partial charge in [-0.1, -0.05) is 41.5 Å². The summed E-state index contributed by atoms with van der Waals surface area (Å²) >= 11 is 0. The molecule has 0 atom stereocenters. The molecule has 12 heavy (non-hydrogen) atoms. The van der Waals surface area contributed by atoms with Crippen molar-refractivity contribution in [2.24, 2.45) is 16.7 Å². The summed E-state index contributed by atoms with van der Waals surface area (Å²) in [6.45, 7) is 13.2. The molecular formula is C10H20B2. The van der Waals surface area contributed by atoms with E-state index in [0.717, 1.165) is 0 Å². The first kappa shape index (κ1) is 12.1. The van der Waals surface area contributed by atoms with Crippen molar-refractivity contribution in [3.63, 3.8) is 0 Å². The summed E-state index contributed by atoms with van der Waals surface area (Å²) in [6, 6.07) is 0. The van der Waals surface area contributed by atoms with Gasteiger partial charge in [0.2, 0.25) is 0 Å². The van der Waals surface area contributed by atoms with Gasteiger partial charge in [0.15, 0.2) is 0 Å². The molecule has 0 heterocycles. The Balaban J connectivity index is 4.75.